The Hall–Kier alpha value is -2.48. The van der Waals surface area contributed by atoms with Crippen molar-refractivity contribution >= 4 is 27.3 Å². The van der Waals surface area contributed by atoms with Crippen LogP contribution in [0, 0.1) is 11.6 Å². The number of halogens is 2. The molecule has 0 heterocycles. The van der Waals surface area contributed by atoms with Crippen LogP contribution in [0.3, 0.4) is 0 Å². The molecule has 0 atom stereocenters. The molecule has 0 aliphatic heterocycles. The molecule has 1 fully saturated rings. The summed E-state index contributed by atoms with van der Waals surface area (Å²) >= 11 is 0. The van der Waals surface area contributed by atoms with Gasteiger partial charge in [0.25, 0.3) is 0 Å². The van der Waals surface area contributed by atoms with Crippen molar-refractivity contribution in [1.82, 2.24) is 0 Å². The van der Waals surface area contributed by atoms with Gasteiger partial charge in [-0.05, 0) is 48.7 Å². The number of anilines is 2. The van der Waals surface area contributed by atoms with Crippen LogP contribution in [0.15, 0.2) is 42.5 Å². The average Bonchev–Trinajstić information content (AvgIpc) is 3.33. The lowest BCUT2D eigenvalue weighted by Crippen LogP contribution is -2.33. The van der Waals surface area contributed by atoms with Gasteiger partial charge in [0.05, 0.1) is 24.1 Å². The first kappa shape index (κ1) is 18.3. The molecule has 8 heteroatoms. The Morgan fingerprint density at radius 2 is 1.85 bits per heavy atom. The summed E-state index contributed by atoms with van der Waals surface area (Å²) in [5.74, 6) is -1.55. The van der Waals surface area contributed by atoms with Gasteiger partial charge in [0.2, 0.25) is 15.9 Å². The highest BCUT2D eigenvalue weighted by molar-refractivity contribution is 7.92. The maximum absolute atomic E-state index is 13.7. The summed E-state index contributed by atoms with van der Waals surface area (Å²) in [6.45, 7) is 0. The molecule has 0 radical (unpaired) electrons. The van der Waals surface area contributed by atoms with Gasteiger partial charge < -0.3 is 5.32 Å². The number of rotatable bonds is 6. The number of hydrogen-bond acceptors (Lipinski definition) is 3. The van der Waals surface area contributed by atoms with E-state index in [1.165, 1.54) is 28.6 Å². The zero-order valence-electron chi connectivity index (χ0n) is 14.1. The summed E-state index contributed by atoms with van der Waals surface area (Å²) in [5, 5.41) is 2.55. The van der Waals surface area contributed by atoms with Crippen molar-refractivity contribution in [3.05, 3.63) is 59.7 Å². The summed E-state index contributed by atoms with van der Waals surface area (Å²) in [4.78, 5) is 12.3. The van der Waals surface area contributed by atoms with E-state index in [0.29, 0.717) is 18.4 Å². The van der Waals surface area contributed by atoms with Crippen molar-refractivity contribution in [1.29, 1.82) is 0 Å². The van der Waals surface area contributed by atoms with E-state index in [9.17, 15) is 22.0 Å². The summed E-state index contributed by atoms with van der Waals surface area (Å²) in [6.07, 6.45) is 2.38. The Bertz CT molecular complexity index is 943. The number of carbonyl (C=O) groups is 1. The molecule has 1 saturated carbocycles. The lowest BCUT2D eigenvalue weighted by molar-refractivity contribution is -0.115. The quantitative estimate of drug-likeness (QED) is 0.838. The molecule has 0 aromatic heterocycles. The molecule has 1 amide bonds. The van der Waals surface area contributed by atoms with Crippen molar-refractivity contribution in [2.24, 2.45) is 0 Å². The van der Waals surface area contributed by atoms with Gasteiger partial charge in [-0.1, -0.05) is 12.1 Å². The third kappa shape index (κ3) is 4.37. The van der Waals surface area contributed by atoms with E-state index in [2.05, 4.69) is 5.32 Å². The van der Waals surface area contributed by atoms with E-state index in [1.54, 1.807) is 6.07 Å². The van der Waals surface area contributed by atoms with Crippen LogP contribution in [-0.2, 0) is 21.2 Å². The topological polar surface area (TPSA) is 66.5 Å². The van der Waals surface area contributed by atoms with Crippen LogP contribution in [0.4, 0.5) is 20.2 Å². The van der Waals surface area contributed by atoms with Crippen molar-refractivity contribution in [2.75, 3.05) is 15.9 Å². The van der Waals surface area contributed by atoms with Gasteiger partial charge in [-0.25, -0.2) is 17.2 Å². The van der Waals surface area contributed by atoms with Crippen molar-refractivity contribution < 1.29 is 22.0 Å². The second kappa shape index (κ2) is 7.03. The normalized spacial score (nSPS) is 14.1. The predicted molar refractivity (Wildman–Crippen MR) is 95.5 cm³/mol. The highest BCUT2D eigenvalue weighted by Crippen LogP contribution is 2.38. The second-order valence-electron chi connectivity index (χ2n) is 6.31. The van der Waals surface area contributed by atoms with E-state index >= 15 is 0 Å². The molecule has 0 spiro atoms. The van der Waals surface area contributed by atoms with Gasteiger partial charge in [-0.15, -0.1) is 0 Å². The minimum absolute atomic E-state index is 0.0729. The molecule has 5 nitrogen and oxygen atoms in total. The zero-order chi connectivity index (χ0) is 18.9. The number of benzene rings is 2. The van der Waals surface area contributed by atoms with Crippen molar-refractivity contribution in [3.63, 3.8) is 0 Å². The van der Waals surface area contributed by atoms with Gasteiger partial charge in [0.1, 0.15) is 11.6 Å². The van der Waals surface area contributed by atoms with Crippen LogP contribution in [-0.4, -0.2) is 26.6 Å². The smallest absolute Gasteiger partial charge is 0.232 e. The highest BCUT2D eigenvalue weighted by atomic mass is 32.2. The lowest BCUT2D eigenvalue weighted by Gasteiger charge is -2.25. The SMILES string of the molecule is CS(=O)(=O)N(c1ccc(F)cc1NC(=O)Cc1cccc(F)c1)C1CC1. The summed E-state index contributed by atoms with van der Waals surface area (Å²) in [7, 11) is -3.58. The number of carbonyl (C=O) groups excluding carboxylic acids is 1. The molecule has 1 aliphatic carbocycles. The van der Waals surface area contributed by atoms with Crippen LogP contribution in [0.25, 0.3) is 0 Å². The summed E-state index contributed by atoms with van der Waals surface area (Å²) in [6, 6.07) is 8.98. The number of sulfonamides is 1. The van der Waals surface area contributed by atoms with Gasteiger partial charge >= 0.3 is 0 Å². The first-order valence-corrected chi connectivity index (χ1v) is 9.92. The van der Waals surface area contributed by atoms with E-state index in [1.807, 2.05) is 0 Å². The molecule has 26 heavy (non-hydrogen) atoms. The van der Waals surface area contributed by atoms with Gasteiger partial charge in [-0.2, -0.15) is 0 Å². The fraction of sp³-hybridized carbons (Fsp3) is 0.278. The van der Waals surface area contributed by atoms with Crippen molar-refractivity contribution in [3.8, 4) is 0 Å². The highest BCUT2D eigenvalue weighted by Gasteiger charge is 2.36. The largest absolute Gasteiger partial charge is 0.324 e. The van der Waals surface area contributed by atoms with Crippen LogP contribution in [0.1, 0.15) is 18.4 Å². The molecule has 138 valence electrons. The molecule has 1 N–H and O–H groups in total. The fourth-order valence-corrected chi connectivity index (χ4v) is 4.05. The molecule has 3 rings (SSSR count). The first-order chi connectivity index (χ1) is 12.2. The average molecular weight is 380 g/mol. The van der Waals surface area contributed by atoms with Crippen molar-refractivity contribution in [2.45, 2.75) is 25.3 Å². The fourth-order valence-electron chi connectivity index (χ4n) is 2.78. The van der Waals surface area contributed by atoms with E-state index in [-0.39, 0.29) is 23.8 Å². The van der Waals surface area contributed by atoms with Crippen LogP contribution < -0.4 is 9.62 Å². The number of nitrogens with one attached hydrogen (secondary N) is 1. The molecule has 0 bridgehead atoms. The third-order valence-electron chi connectivity index (χ3n) is 3.96. The number of hydrogen-bond donors (Lipinski definition) is 1. The van der Waals surface area contributed by atoms with E-state index < -0.39 is 27.6 Å². The molecular formula is C18H18F2N2O3S. The van der Waals surface area contributed by atoms with Crippen LogP contribution in [0.2, 0.25) is 0 Å². The molecule has 2 aromatic carbocycles. The Kier molecular flexibility index (Phi) is 4.95. The maximum atomic E-state index is 13.7. The van der Waals surface area contributed by atoms with Crippen LogP contribution >= 0.6 is 0 Å². The minimum Gasteiger partial charge on any atom is -0.324 e. The number of nitrogens with zero attached hydrogens (tertiary/aromatic N) is 1. The van der Waals surface area contributed by atoms with E-state index in [4.69, 9.17) is 0 Å². The Balaban J connectivity index is 1.87. The maximum Gasteiger partial charge on any atom is 0.232 e. The standard InChI is InChI=1S/C18H18F2N2O3S/c1-26(24,25)22(15-6-7-15)17-8-5-14(20)11-16(17)21-18(23)10-12-3-2-4-13(19)9-12/h2-5,8-9,11,15H,6-7,10H2,1H3,(H,21,23). The van der Waals surface area contributed by atoms with Gasteiger partial charge in [0.15, 0.2) is 0 Å². The first-order valence-electron chi connectivity index (χ1n) is 8.07. The zero-order valence-corrected chi connectivity index (χ0v) is 14.9. The number of amides is 1. The molecule has 2 aromatic rings. The second-order valence-corrected chi connectivity index (χ2v) is 8.17. The molecular weight excluding hydrogens is 362 g/mol. The third-order valence-corrected chi connectivity index (χ3v) is 5.17. The lowest BCUT2D eigenvalue weighted by atomic mass is 10.1. The van der Waals surface area contributed by atoms with E-state index in [0.717, 1.165) is 18.4 Å². The Labute approximate surface area is 150 Å². The summed E-state index contributed by atoms with van der Waals surface area (Å²) < 4.78 is 52.4. The summed E-state index contributed by atoms with van der Waals surface area (Å²) in [5.41, 5.74) is 0.760. The van der Waals surface area contributed by atoms with Crippen LogP contribution in [0.5, 0.6) is 0 Å². The minimum atomic E-state index is -3.58. The predicted octanol–water partition coefficient (Wildman–Crippen LogP) is 3.07. The Morgan fingerprint density at radius 3 is 2.46 bits per heavy atom. The Morgan fingerprint density at radius 1 is 1.15 bits per heavy atom. The monoisotopic (exact) mass is 380 g/mol. The molecule has 0 unspecified atom stereocenters. The van der Waals surface area contributed by atoms with Gasteiger partial charge in [0, 0.05) is 6.04 Å². The molecule has 0 saturated heterocycles. The molecule has 1 aliphatic rings. The van der Waals surface area contributed by atoms with Gasteiger partial charge in [-0.3, -0.25) is 9.10 Å².